The van der Waals surface area contributed by atoms with Crippen molar-refractivity contribution < 1.29 is 5.11 Å². The maximum absolute atomic E-state index is 11.0. The quantitative estimate of drug-likeness (QED) is 0.732. The van der Waals surface area contributed by atoms with E-state index in [4.69, 9.17) is 0 Å². The summed E-state index contributed by atoms with van der Waals surface area (Å²) in [5.74, 6) is 3.12. The normalized spacial score (nSPS) is 39.0. The van der Waals surface area contributed by atoms with Gasteiger partial charge in [-0.1, -0.05) is 32.1 Å². The fourth-order valence-electron chi connectivity index (χ4n) is 5.57. The largest absolute Gasteiger partial charge is 0.391 e. The Morgan fingerprint density at radius 3 is 2.50 bits per heavy atom. The van der Waals surface area contributed by atoms with Gasteiger partial charge in [0.05, 0.1) is 6.10 Å². The van der Waals surface area contributed by atoms with Crippen LogP contribution >= 0.6 is 0 Å². The van der Waals surface area contributed by atoms with Crippen LogP contribution in [0.5, 0.6) is 0 Å². The summed E-state index contributed by atoms with van der Waals surface area (Å²) in [6.07, 6.45) is 13.5. The second kappa shape index (κ2) is 8.12. The molecular formula is C19H36N2O. The van der Waals surface area contributed by atoms with Crippen LogP contribution in [0.2, 0.25) is 0 Å². The second-order valence-corrected chi connectivity index (χ2v) is 8.15. The zero-order chi connectivity index (χ0) is 15.4. The van der Waals surface area contributed by atoms with E-state index in [-0.39, 0.29) is 6.10 Å². The Kier molecular flexibility index (Phi) is 6.17. The standard InChI is InChI=1S/C19H36N2O/c1-20-13-17(19(22)18-8-4-5-11-21-18)16-10-9-14-6-2-3-7-15(14)12-16/h14-22H,2-13H2,1H3/t14?,15?,16?,17-,18?,19-/m0/s1. The van der Waals surface area contributed by atoms with Crippen LogP contribution in [0.3, 0.4) is 0 Å². The lowest BCUT2D eigenvalue weighted by atomic mass is 9.63. The van der Waals surface area contributed by atoms with Crippen LogP contribution in [0.1, 0.15) is 64.2 Å². The van der Waals surface area contributed by atoms with E-state index >= 15 is 0 Å². The molecule has 3 rings (SSSR count). The lowest BCUT2D eigenvalue weighted by Crippen LogP contribution is -2.51. The third kappa shape index (κ3) is 3.85. The van der Waals surface area contributed by atoms with Crippen molar-refractivity contribution in [1.29, 1.82) is 0 Å². The highest BCUT2D eigenvalue weighted by Crippen LogP contribution is 2.45. The van der Waals surface area contributed by atoms with E-state index in [0.29, 0.717) is 12.0 Å². The Labute approximate surface area is 136 Å². The SMILES string of the molecule is CNC[C@@H](C1CCC2CCCCC2C1)[C@H](O)C1CCCCN1. The van der Waals surface area contributed by atoms with Crippen LogP contribution < -0.4 is 10.6 Å². The van der Waals surface area contributed by atoms with Crippen LogP contribution in [0.25, 0.3) is 0 Å². The third-order valence-corrected chi connectivity index (χ3v) is 6.82. The molecule has 0 spiro atoms. The van der Waals surface area contributed by atoms with Crippen LogP contribution in [0.4, 0.5) is 0 Å². The number of nitrogens with one attached hydrogen (secondary N) is 2. The summed E-state index contributed by atoms with van der Waals surface area (Å²) >= 11 is 0. The van der Waals surface area contributed by atoms with E-state index in [9.17, 15) is 5.11 Å². The lowest BCUT2D eigenvalue weighted by Gasteiger charge is -2.44. The highest BCUT2D eigenvalue weighted by molar-refractivity contribution is 4.92. The van der Waals surface area contributed by atoms with Gasteiger partial charge in [-0.15, -0.1) is 0 Å². The molecule has 3 aliphatic rings. The molecule has 2 saturated carbocycles. The van der Waals surface area contributed by atoms with E-state index in [0.717, 1.165) is 37.3 Å². The van der Waals surface area contributed by atoms with E-state index in [1.807, 2.05) is 7.05 Å². The molecular weight excluding hydrogens is 272 g/mol. The predicted molar refractivity (Wildman–Crippen MR) is 91.9 cm³/mol. The molecule has 22 heavy (non-hydrogen) atoms. The van der Waals surface area contributed by atoms with Gasteiger partial charge < -0.3 is 15.7 Å². The van der Waals surface area contributed by atoms with Gasteiger partial charge in [0.1, 0.15) is 0 Å². The molecule has 0 aromatic heterocycles. The molecule has 0 aromatic rings. The molecule has 2 aliphatic carbocycles. The molecule has 1 heterocycles. The molecule has 1 saturated heterocycles. The highest BCUT2D eigenvalue weighted by Gasteiger charge is 2.39. The summed E-state index contributed by atoms with van der Waals surface area (Å²) in [6, 6.07) is 0.330. The van der Waals surface area contributed by atoms with Gasteiger partial charge in [-0.3, -0.25) is 0 Å². The summed E-state index contributed by atoms with van der Waals surface area (Å²) in [4.78, 5) is 0. The van der Waals surface area contributed by atoms with Gasteiger partial charge in [0.2, 0.25) is 0 Å². The van der Waals surface area contributed by atoms with E-state index in [1.165, 1.54) is 57.8 Å². The highest BCUT2D eigenvalue weighted by atomic mass is 16.3. The van der Waals surface area contributed by atoms with Crippen LogP contribution in [0, 0.1) is 23.7 Å². The Hall–Kier alpha value is -0.120. The van der Waals surface area contributed by atoms with Crippen molar-refractivity contribution >= 4 is 0 Å². The van der Waals surface area contributed by atoms with Crippen molar-refractivity contribution in [3.8, 4) is 0 Å². The van der Waals surface area contributed by atoms with Gasteiger partial charge in [-0.25, -0.2) is 0 Å². The van der Waals surface area contributed by atoms with Gasteiger partial charge >= 0.3 is 0 Å². The minimum absolute atomic E-state index is 0.169. The maximum Gasteiger partial charge on any atom is 0.0736 e. The average molecular weight is 309 g/mol. The Morgan fingerprint density at radius 1 is 1.00 bits per heavy atom. The number of hydrogen-bond donors (Lipinski definition) is 3. The molecule has 0 bridgehead atoms. The van der Waals surface area contributed by atoms with E-state index in [2.05, 4.69) is 10.6 Å². The minimum atomic E-state index is -0.169. The van der Waals surface area contributed by atoms with Gasteiger partial charge in [0.15, 0.2) is 0 Å². The van der Waals surface area contributed by atoms with E-state index < -0.39 is 0 Å². The molecule has 0 aromatic carbocycles. The Morgan fingerprint density at radius 2 is 1.77 bits per heavy atom. The monoisotopic (exact) mass is 308 g/mol. The van der Waals surface area contributed by atoms with Crippen LogP contribution in [0.15, 0.2) is 0 Å². The first-order valence-corrected chi connectivity index (χ1v) is 9.85. The smallest absolute Gasteiger partial charge is 0.0736 e. The second-order valence-electron chi connectivity index (χ2n) is 8.15. The van der Waals surface area contributed by atoms with Gasteiger partial charge in [0, 0.05) is 18.5 Å². The zero-order valence-electron chi connectivity index (χ0n) is 14.4. The maximum atomic E-state index is 11.0. The Balaban J connectivity index is 1.62. The van der Waals surface area contributed by atoms with Crippen molar-refractivity contribution in [1.82, 2.24) is 10.6 Å². The average Bonchev–Trinajstić information content (AvgIpc) is 2.59. The fraction of sp³-hybridized carbons (Fsp3) is 1.00. The van der Waals surface area contributed by atoms with Crippen molar-refractivity contribution in [2.24, 2.45) is 23.7 Å². The minimum Gasteiger partial charge on any atom is -0.391 e. The van der Waals surface area contributed by atoms with Crippen LogP contribution in [-0.4, -0.2) is 37.4 Å². The fourth-order valence-corrected chi connectivity index (χ4v) is 5.57. The van der Waals surface area contributed by atoms with Crippen molar-refractivity contribution in [3.63, 3.8) is 0 Å². The molecule has 3 N–H and O–H groups in total. The molecule has 3 nitrogen and oxygen atoms in total. The zero-order valence-corrected chi connectivity index (χ0v) is 14.4. The molecule has 1 aliphatic heterocycles. The number of fused-ring (bicyclic) bond motifs is 1. The summed E-state index contributed by atoms with van der Waals surface area (Å²) in [7, 11) is 2.04. The predicted octanol–water partition coefficient (Wildman–Crippen LogP) is 2.93. The number of piperidine rings is 1. The van der Waals surface area contributed by atoms with Crippen LogP contribution in [-0.2, 0) is 0 Å². The first-order chi connectivity index (χ1) is 10.8. The van der Waals surface area contributed by atoms with Crippen molar-refractivity contribution in [2.45, 2.75) is 76.4 Å². The summed E-state index contributed by atoms with van der Waals surface area (Å²) in [6.45, 7) is 2.06. The van der Waals surface area contributed by atoms with Gasteiger partial charge in [-0.2, -0.15) is 0 Å². The Bertz CT molecular complexity index is 329. The lowest BCUT2D eigenvalue weighted by molar-refractivity contribution is 0.00189. The molecule has 4 unspecified atom stereocenters. The van der Waals surface area contributed by atoms with Crippen molar-refractivity contribution in [3.05, 3.63) is 0 Å². The summed E-state index contributed by atoms with van der Waals surface area (Å²) < 4.78 is 0. The summed E-state index contributed by atoms with van der Waals surface area (Å²) in [5.41, 5.74) is 0. The molecule has 3 fully saturated rings. The van der Waals surface area contributed by atoms with Crippen molar-refractivity contribution in [2.75, 3.05) is 20.1 Å². The molecule has 3 heteroatoms. The molecule has 0 amide bonds. The van der Waals surface area contributed by atoms with E-state index in [1.54, 1.807) is 0 Å². The first-order valence-electron chi connectivity index (χ1n) is 9.85. The first kappa shape index (κ1) is 16.7. The number of hydrogen-bond acceptors (Lipinski definition) is 3. The van der Waals surface area contributed by atoms with Gasteiger partial charge in [0.25, 0.3) is 0 Å². The molecule has 128 valence electrons. The topological polar surface area (TPSA) is 44.3 Å². The molecule has 6 atom stereocenters. The third-order valence-electron chi connectivity index (χ3n) is 6.82. The summed E-state index contributed by atoms with van der Waals surface area (Å²) in [5, 5.41) is 18.0. The number of aliphatic hydroxyl groups excluding tert-OH is 1. The number of rotatable bonds is 5. The molecule has 0 radical (unpaired) electrons. The number of aliphatic hydroxyl groups is 1. The van der Waals surface area contributed by atoms with Gasteiger partial charge in [-0.05, 0) is 63.5 Å².